The highest BCUT2D eigenvalue weighted by Gasteiger charge is 2.50. The van der Waals surface area contributed by atoms with Crippen LogP contribution in [0, 0.1) is 0 Å². The van der Waals surface area contributed by atoms with Crippen LogP contribution in [0.1, 0.15) is 46.1 Å². The van der Waals surface area contributed by atoms with Gasteiger partial charge in [-0.1, -0.05) is 72.8 Å². The molecule has 0 saturated carbocycles. The molecule has 15 nitrogen and oxygen atoms in total. The Morgan fingerprint density at radius 3 is 1.95 bits per heavy atom. The van der Waals surface area contributed by atoms with Crippen LogP contribution in [0.15, 0.2) is 122 Å². The second-order valence-corrected chi connectivity index (χ2v) is 13.3. The number of carboxylic acids is 1. The van der Waals surface area contributed by atoms with E-state index in [-0.39, 0.29) is 30.3 Å². The first-order valence-electron chi connectivity index (χ1n) is 18.4. The number of fused-ring (bicyclic) bond motifs is 1. The fourth-order valence-electron chi connectivity index (χ4n) is 7.06. The number of anilines is 1. The molecule has 4 aromatic carbocycles. The fourth-order valence-corrected chi connectivity index (χ4v) is 7.06. The highest BCUT2D eigenvalue weighted by Crippen LogP contribution is 2.44. The van der Waals surface area contributed by atoms with Crippen molar-refractivity contribution < 1.29 is 47.9 Å². The standard InChI is InChI=1S/C43H41N5O10/c1-53-31-18-14-29(15-19-31)43(28-12-8-5-9-13-28,30-16-20-32(54-2)21-17-30)56-24-33-37(58-35(51)23-22-34(49)50)38(55-3)42(57-33)48-26-46-36-39(44-25-45-40(36)48)47-41(52)27-10-6-4-7-11-27/h4-21,25-26,33,37-38,42H,22-24H2,1-3H3,(H,49,50)(H,44,45,47,52). The van der Waals surface area contributed by atoms with Gasteiger partial charge in [0, 0.05) is 12.7 Å². The Balaban J connectivity index is 1.28. The van der Waals surface area contributed by atoms with E-state index in [0.29, 0.717) is 22.7 Å². The van der Waals surface area contributed by atoms with Crippen LogP contribution in [0.25, 0.3) is 11.2 Å². The minimum atomic E-state index is -1.25. The molecule has 58 heavy (non-hydrogen) atoms. The summed E-state index contributed by atoms with van der Waals surface area (Å²) in [7, 11) is 4.63. The third kappa shape index (κ3) is 8.09. The van der Waals surface area contributed by atoms with Crippen molar-refractivity contribution >= 4 is 34.8 Å². The van der Waals surface area contributed by atoms with Gasteiger partial charge < -0.3 is 38.8 Å². The van der Waals surface area contributed by atoms with Crippen LogP contribution < -0.4 is 14.8 Å². The lowest BCUT2D eigenvalue weighted by Crippen LogP contribution is -2.42. The molecule has 1 fully saturated rings. The number of rotatable bonds is 16. The van der Waals surface area contributed by atoms with E-state index in [2.05, 4.69) is 20.3 Å². The summed E-state index contributed by atoms with van der Waals surface area (Å²) in [5.41, 5.74) is 2.08. The van der Waals surface area contributed by atoms with Crippen molar-refractivity contribution in [1.82, 2.24) is 19.5 Å². The molecule has 0 radical (unpaired) electrons. The third-order valence-corrected chi connectivity index (χ3v) is 9.91. The number of benzene rings is 4. The number of imidazole rings is 1. The maximum absolute atomic E-state index is 13.2. The normalized spacial score (nSPS) is 17.8. The number of carbonyl (C=O) groups is 3. The zero-order valence-electron chi connectivity index (χ0n) is 31.9. The largest absolute Gasteiger partial charge is 0.497 e. The number of nitrogens with zero attached hydrogens (tertiary/aromatic N) is 4. The van der Waals surface area contributed by atoms with E-state index in [1.807, 2.05) is 84.9 Å². The topological polar surface area (TPSA) is 182 Å². The molecule has 1 aliphatic heterocycles. The van der Waals surface area contributed by atoms with E-state index in [1.54, 1.807) is 43.1 Å². The molecule has 7 rings (SSSR count). The predicted octanol–water partition coefficient (Wildman–Crippen LogP) is 5.79. The first-order chi connectivity index (χ1) is 28.2. The van der Waals surface area contributed by atoms with Gasteiger partial charge in [0.25, 0.3) is 5.91 Å². The SMILES string of the molecule is COc1ccc(C(OCC2OC(n3cnc4c(NC(=O)c5ccccc5)ncnc43)C(OC)C2OC(=O)CCC(=O)O)(c2ccccc2)c2ccc(OC)cc2)cc1. The number of carboxylic acid groups (broad SMARTS) is 1. The summed E-state index contributed by atoms with van der Waals surface area (Å²) in [5.74, 6) is -0.814. The molecule has 2 N–H and O–H groups in total. The Morgan fingerprint density at radius 2 is 1.36 bits per heavy atom. The van der Waals surface area contributed by atoms with Gasteiger partial charge in [-0.25, -0.2) is 15.0 Å². The lowest BCUT2D eigenvalue weighted by molar-refractivity contribution is -0.161. The summed E-state index contributed by atoms with van der Waals surface area (Å²) in [6, 6.07) is 33.4. The van der Waals surface area contributed by atoms with Crippen LogP contribution in [0.4, 0.5) is 5.82 Å². The van der Waals surface area contributed by atoms with Gasteiger partial charge in [0.2, 0.25) is 0 Å². The molecular formula is C43H41N5O10. The number of aromatic nitrogens is 4. The van der Waals surface area contributed by atoms with Crippen LogP contribution >= 0.6 is 0 Å². The van der Waals surface area contributed by atoms with Gasteiger partial charge in [0.05, 0.1) is 40.0 Å². The van der Waals surface area contributed by atoms with Gasteiger partial charge >= 0.3 is 11.9 Å². The molecule has 4 atom stereocenters. The molecule has 15 heteroatoms. The summed E-state index contributed by atoms with van der Waals surface area (Å²) in [6.07, 6.45) is -2.04. The Hall–Kier alpha value is -6.68. The molecular weight excluding hydrogens is 746 g/mol. The van der Waals surface area contributed by atoms with Crippen molar-refractivity contribution in [2.45, 2.75) is 43.0 Å². The number of amides is 1. The van der Waals surface area contributed by atoms with Crippen LogP contribution in [0.2, 0.25) is 0 Å². The molecule has 4 unspecified atom stereocenters. The van der Waals surface area contributed by atoms with Gasteiger partial charge in [-0.15, -0.1) is 0 Å². The molecule has 2 aromatic heterocycles. The van der Waals surface area contributed by atoms with Crippen molar-refractivity contribution in [2.75, 3.05) is 33.3 Å². The Morgan fingerprint density at radius 1 is 0.759 bits per heavy atom. The summed E-state index contributed by atoms with van der Waals surface area (Å²) < 4.78 is 38.4. The first kappa shape index (κ1) is 39.6. The number of nitrogens with one attached hydrogen (secondary N) is 1. The van der Waals surface area contributed by atoms with Crippen LogP contribution in [0.5, 0.6) is 11.5 Å². The average molecular weight is 788 g/mol. The number of ether oxygens (including phenoxy) is 6. The van der Waals surface area contributed by atoms with Crippen molar-refractivity contribution in [2.24, 2.45) is 0 Å². The van der Waals surface area contributed by atoms with Crippen molar-refractivity contribution in [3.63, 3.8) is 0 Å². The fraction of sp³-hybridized carbons (Fsp3) is 0.256. The third-order valence-electron chi connectivity index (χ3n) is 9.91. The van der Waals surface area contributed by atoms with Crippen LogP contribution in [-0.2, 0) is 34.1 Å². The molecule has 0 spiro atoms. The van der Waals surface area contributed by atoms with E-state index in [4.69, 9.17) is 28.4 Å². The lowest BCUT2D eigenvalue weighted by Gasteiger charge is -2.37. The van der Waals surface area contributed by atoms with E-state index in [1.165, 1.54) is 19.8 Å². The number of aliphatic carboxylic acids is 1. The highest BCUT2D eigenvalue weighted by molar-refractivity contribution is 6.06. The van der Waals surface area contributed by atoms with Gasteiger partial charge in [-0.05, 0) is 53.1 Å². The quantitative estimate of drug-likeness (QED) is 0.0889. The summed E-state index contributed by atoms with van der Waals surface area (Å²) in [5, 5.41) is 12.1. The van der Waals surface area contributed by atoms with E-state index >= 15 is 0 Å². The minimum absolute atomic E-state index is 0.153. The summed E-state index contributed by atoms with van der Waals surface area (Å²) in [4.78, 5) is 51.0. The van der Waals surface area contributed by atoms with E-state index in [9.17, 15) is 19.5 Å². The van der Waals surface area contributed by atoms with Crippen molar-refractivity contribution in [1.29, 1.82) is 0 Å². The van der Waals surface area contributed by atoms with Crippen LogP contribution in [-0.4, -0.2) is 88.7 Å². The number of hydrogen-bond acceptors (Lipinski definition) is 12. The minimum Gasteiger partial charge on any atom is -0.497 e. The van der Waals surface area contributed by atoms with Gasteiger partial charge in [-0.3, -0.25) is 19.0 Å². The summed E-state index contributed by atoms with van der Waals surface area (Å²) in [6.45, 7) is -0.153. The zero-order valence-corrected chi connectivity index (χ0v) is 31.9. The Bertz CT molecular complexity index is 2290. The maximum atomic E-state index is 13.2. The van der Waals surface area contributed by atoms with Crippen molar-refractivity contribution in [3.8, 4) is 11.5 Å². The summed E-state index contributed by atoms with van der Waals surface area (Å²) >= 11 is 0. The van der Waals surface area contributed by atoms with Crippen LogP contribution in [0.3, 0.4) is 0 Å². The zero-order chi connectivity index (χ0) is 40.6. The van der Waals surface area contributed by atoms with E-state index in [0.717, 1.165) is 16.7 Å². The van der Waals surface area contributed by atoms with E-state index < -0.39 is 48.5 Å². The highest BCUT2D eigenvalue weighted by atomic mass is 16.6. The molecule has 1 saturated heterocycles. The van der Waals surface area contributed by atoms with Gasteiger partial charge in [0.15, 0.2) is 29.3 Å². The van der Waals surface area contributed by atoms with Gasteiger partial charge in [-0.2, -0.15) is 0 Å². The van der Waals surface area contributed by atoms with Gasteiger partial charge in [0.1, 0.15) is 35.6 Å². The molecule has 6 aromatic rings. The number of carbonyl (C=O) groups excluding carboxylic acids is 2. The lowest BCUT2D eigenvalue weighted by atomic mass is 9.80. The second kappa shape index (κ2) is 17.6. The smallest absolute Gasteiger partial charge is 0.306 e. The molecule has 1 aliphatic rings. The first-order valence-corrected chi connectivity index (χ1v) is 18.4. The average Bonchev–Trinajstić information content (AvgIpc) is 3.85. The second-order valence-electron chi connectivity index (χ2n) is 13.3. The monoisotopic (exact) mass is 787 g/mol. The molecule has 0 bridgehead atoms. The Kier molecular flexibility index (Phi) is 12.0. The Labute approximate surface area is 333 Å². The number of hydrogen-bond donors (Lipinski definition) is 2. The predicted molar refractivity (Wildman–Crippen MR) is 209 cm³/mol. The van der Waals surface area contributed by atoms with Crippen molar-refractivity contribution in [3.05, 3.63) is 144 Å². The molecule has 3 heterocycles. The molecule has 1 amide bonds. The molecule has 0 aliphatic carbocycles. The molecule has 298 valence electrons. The number of esters is 1. The number of methoxy groups -OCH3 is 3. The maximum Gasteiger partial charge on any atom is 0.306 e.